The van der Waals surface area contributed by atoms with Crippen LogP contribution in [0.1, 0.15) is 48.0 Å². The number of hydrogen-bond acceptors (Lipinski definition) is 3. The highest BCUT2D eigenvalue weighted by Gasteiger charge is 2.55. The Morgan fingerprint density at radius 1 is 1.09 bits per heavy atom. The van der Waals surface area contributed by atoms with Crippen molar-refractivity contribution in [2.45, 2.75) is 38.6 Å². The van der Waals surface area contributed by atoms with Gasteiger partial charge in [-0.25, -0.2) is 8.78 Å². The average Bonchev–Trinajstić information content (AvgIpc) is 3.15. The maximum Gasteiger partial charge on any atom is 0.308 e. The monoisotopic (exact) mass is 515 g/mol. The number of Topliss-reactive ketones (excluding diaryl/α,β-unsaturated/α-hetero) is 1. The van der Waals surface area contributed by atoms with Crippen LogP contribution in [0.4, 0.5) is 8.78 Å². The molecule has 172 valence electrons. The molecular weight excluding hydrogens is 492 g/mol. The number of halogens is 3. The van der Waals surface area contributed by atoms with Gasteiger partial charge >= 0.3 is 5.97 Å². The molecule has 2 aliphatic carbocycles. The van der Waals surface area contributed by atoms with Crippen molar-refractivity contribution in [1.82, 2.24) is 4.57 Å². The number of methoxy groups -OCH3 is 1. The van der Waals surface area contributed by atoms with E-state index < -0.39 is 0 Å². The van der Waals surface area contributed by atoms with Crippen molar-refractivity contribution >= 4 is 38.6 Å². The van der Waals surface area contributed by atoms with Gasteiger partial charge in [-0.15, -0.1) is 0 Å². The first-order valence-electron chi connectivity index (χ1n) is 11.1. The van der Waals surface area contributed by atoms with Gasteiger partial charge in [0.25, 0.3) is 0 Å². The highest BCUT2D eigenvalue weighted by Crippen LogP contribution is 2.62. The van der Waals surface area contributed by atoms with Gasteiger partial charge in [0, 0.05) is 30.1 Å². The number of carbonyl (C=O) groups excluding carboxylic acids is 2. The highest BCUT2D eigenvalue weighted by molar-refractivity contribution is 9.10. The summed E-state index contributed by atoms with van der Waals surface area (Å²) in [5.74, 6) is -0.620. The molecule has 4 nitrogen and oxygen atoms in total. The lowest BCUT2D eigenvalue weighted by Crippen LogP contribution is -2.50. The number of ether oxygens (including phenoxy) is 1. The third-order valence-corrected chi connectivity index (χ3v) is 7.96. The van der Waals surface area contributed by atoms with Crippen molar-refractivity contribution in [2.75, 3.05) is 7.11 Å². The minimum atomic E-state index is -0.381. The van der Waals surface area contributed by atoms with E-state index in [-0.39, 0.29) is 40.6 Å². The lowest BCUT2D eigenvalue weighted by molar-refractivity contribution is -0.161. The Labute approximate surface area is 199 Å². The minimum absolute atomic E-state index is 0.00454. The van der Waals surface area contributed by atoms with Gasteiger partial charge in [0.2, 0.25) is 0 Å². The second kappa shape index (κ2) is 8.35. The van der Waals surface area contributed by atoms with E-state index in [1.165, 1.54) is 19.2 Å². The van der Waals surface area contributed by atoms with Gasteiger partial charge in [-0.05, 0) is 88.8 Å². The number of hydrogen-bond donors (Lipinski definition) is 0. The fraction of sp³-hybridized carbons (Fsp3) is 0.385. The normalized spacial score (nSPS) is 23.9. The first-order valence-corrected chi connectivity index (χ1v) is 11.9. The van der Waals surface area contributed by atoms with E-state index in [1.807, 2.05) is 4.57 Å². The molecule has 0 saturated heterocycles. The second-order valence-electron chi connectivity index (χ2n) is 9.58. The van der Waals surface area contributed by atoms with E-state index in [0.717, 1.165) is 31.2 Å². The molecule has 0 radical (unpaired) electrons. The number of nitrogens with zero attached hydrogens (tertiary/aromatic N) is 1. The van der Waals surface area contributed by atoms with Crippen LogP contribution in [0.15, 0.2) is 47.1 Å². The van der Waals surface area contributed by atoms with Gasteiger partial charge in [-0.3, -0.25) is 9.59 Å². The van der Waals surface area contributed by atoms with Crippen molar-refractivity contribution in [1.29, 1.82) is 0 Å². The molecule has 2 saturated carbocycles. The topological polar surface area (TPSA) is 48.3 Å². The lowest BCUT2D eigenvalue weighted by Gasteiger charge is -2.57. The van der Waals surface area contributed by atoms with Crippen LogP contribution in [0.2, 0.25) is 0 Å². The van der Waals surface area contributed by atoms with Crippen LogP contribution in [0.25, 0.3) is 10.9 Å². The maximum absolute atomic E-state index is 14.5. The van der Waals surface area contributed by atoms with Crippen LogP contribution in [-0.4, -0.2) is 23.4 Å². The van der Waals surface area contributed by atoms with Gasteiger partial charge < -0.3 is 9.30 Å². The lowest BCUT2D eigenvalue weighted by atomic mass is 9.47. The van der Waals surface area contributed by atoms with Crippen LogP contribution in [0, 0.1) is 28.9 Å². The molecule has 5 rings (SSSR count). The summed E-state index contributed by atoms with van der Waals surface area (Å²) in [5.41, 5.74) is 1.96. The van der Waals surface area contributed by atoms with Crippen molar-refractivity contribution in [3.63, 3.8) is 0 Å². The summed E-state index contributed by atoms with van der Waals surface area (Å²) >= 11 is 3.15. The molecule has 0 aliphatic heterocycles. The van der Waals surface area contributed by atoms with E-state index in [0.29, 0.717) is 33.9 Å². The number of benzene rings is 2. The second-order valence-corrected chi connectivity index (χ2v) is 10.4. The van der Waals surface area contributed by atoms with Crippen LogP contribution in [-0.2, 0) is 16.1 Å². The standard InChI is InChI=1S/C26H24BrF2NO3/c1-33-25(32)17-12-26(13-17)10-16(11-26)9-23(31)19-3-5-21(28)18-6-7-30(24(18)19)14-15-2-4-20(27)22(29)8-15/h2-8,16-17H,9-14H2,1H3. The Morgan fingerprint density at radius 2 is 1.85 bits per heavy atom. The minimum Gasteiger partial charge on any atom is -0.469 e. The van der Waals surface area contributed by atoms with Gasteiger partial charge in [-0.2, -0.15) is 0 Å². The summed E-state index contributed by atoms with van der Waals surface area (Å²) in [6, 6.07) is 9.44. The summed E-state index contributed by atoms with van der Waals surface area (Å²) in [7, 11) is 1.42. The Balaban J connectivity index is 1.33. The molecule has 0 atom stereocenters. The van der Waals surface area contributed by atoms with Crippen molar-refractivity contribution < 1.29 is 23.1 Å². The molecule has 0 unspecified atom stereocenters. The van der Waals surface area contributed by atoms with Crippen LogP contribution >= 0.6 is 15.9 Å². The zero-order valence-corrected chi connectivity index (χ0v) is 19.8. The number of rotatable bonds is 6. The quantitative estimate of drug-likeness (QED) is 0.286. The Kier molecular flexibility index (Phi) is 5.63. The first kappa shape index (κ1) is 22.3. The molecule has 2 aliphatic rings. The van der Waals surface area contributed by atoms with Gasteiger partial charge in [0.15, 0.2) is 5.78 Å². The maximum atomic E-state index is 14.5. The molecule has 0 amide bonds. The van der Waals surface area contributed by atoms with Crippen molar-refractivity contribution in [3.05, 3.63) is 69.8 Å². The number of carbonyl (C=O) groups is 2. The molecule has 0 N–H and O–H groups in total. The molecule has 0 bridgehead atoms. The zero-order chi connectivity index (χ0) is 23.3. The third-order valence-electron chi connectivity index (χ3n) is 7.32. The molecule has 1 spiro atoms. The smallest absolute Gasteiger partial charge is 0.308 e. The largest absolute Gasteiger partial charge is 0.469 e. The Hall–Kier alpha value is -2.54. The molecule has 2 aromatic carbocycles. The summed E-state index contributed by atoms with van der Waals surface area (Å²) in [5, 5.41) is 0.392. The van der Waals surface area contributed by atoms with Gasteiger partial charge in [0.1, 0.15) is 11.6 Å². The van der Waals surface area contributed by atoms with E-state index >= 15 is 0 Å². The molecule has 3 aromatic rings. The Bertz CT molecular complexity index is 1250. The highest BCUT2D eigenvalue weighted by atomic mass is 79.9. The molecular formula is C26H24BrF2NO3. The molecule has 2 fully saturated rings. The van der Waals surface area contributed by atoms with Gasteiger partial charge in [-0.1, -0.05) is 6.07 Å². The number of esters is 1. The van der Waals surface area contributed by atoms with Crippen molar-refractivity contribution in [2.24, 2.45) is 17.3 Å². The number of aromatic nitrogens is 1. The average molecular weight is 516 g/mol. The fourth-order valence-electron chi connectivity index (χ4n) is 5.82. The van der Waals surface area contributed by atoms with Crippen LogP contribution in [0.3, 0.4) is 0 Å². The number of fused-ring (bicyclic) bond motifs is 1. The van der Waals surface area contributed by atoms with E-state index in [1.54, 1.807) is 30.5 Å². The summed E-state index contributed by atoms with van der Waals surface area (Å²) in [6.07, 6.45) is 5.72. The first-order chi connectivity index (χ1) is 15.8. The fourth-order valence-corrected chi connectivity index (χ4v) is 6.06. The predicted octanol–water partition coefficient (Wildman–Crippen LogP) is 6.28. The predicted molar refractivity (Wildman–Crippen MR) is 124 cm³/mol. The summed E-state index contributed by atoms with van der Waals surface area (Å²) < 4.78 is 35.5. The summed E-state index contributed by atoms with van der Waals surface area (Å²) in [4.78, 5) is 24.9. The van der Waals surface area contributed by atoms with Crippen molar-refractivity contribution in [3.8, 4) is 0 Å². The van der Waals surface area contributed by atoms with E-state index in [2.05, 4.69) is 15.9 Å². The SMILES string of the molecule is COC(=O)C1CC2(CC(CC(=O)c3ccc(F)c4ccn(Cc5ccc(Br)c(F)c5)c34)C2)C1. The van der Waals surface area contributed by atoms with E-state index in [4.69, 9.17) is 4.74 Å². The van der Waals surface area contributed by atoms with E-state index in [9.17, 15) is 18.4 Å². The van der Waals surface area contributed by atoms with Crippen LogP contribution in [0.5, 0.6) is 0 Å². The zero-order valence-electron chi connectivity index (χ0n) is 18.2. The molecule has 7 heteroatoms. The molecule has 1 aromatic heterocycles. The number of ketones is 1. The summed E-state index contributed by atoms with van der Waals surface area (Å²) in [6.45, 7) is 0.332. The third kappa shape index (κ3) is 4.01. The molecule has 33 heavy (non-hydrogen) atoms. The van der Waals surface area contributed by atoms with Crippen LogP contribution < -0.4 is 0 Å². The molecule has 1 heterocycles. The Morgan fingerprint density at radius 3 is 2.55 bits per heavy atom. The van der Waals surface area contributed by atoms with Gasteiger partial charge in [0.05, 0.1) is 23.0 Å².